The zero-order chi connectivity index (χ0) is 18.3. The van der Waals surface area contributed by atoms with E-state index in [4.69, 9.17) is 0 Å². The van der Waals surface area contributed by atoms with Crippen LogP contribution in [0.5, 0.6) is 0 Å². The van der Waals surface area contributed by atoms with Gasteiger partial charge in [-0.05, 0) is 97.9 Å². The second-order valence-electron chi connectivity index (χ2n) is 10.6. The maximum absolute atomic E-state index is 12.1. The maximum atomic E-state index is 12.1. The van der Waals surface area contributed by atoms with E-state index < -0.39 is 5.60 Å². The Bertz CT molecular complexity index is 668. The molecule has 0 saturated heterocycles. The number of aliphatic hydroxyl groups excluding tert-OH is 1. The van der Waals surface area contributed by atoms with Crippen LogP contribution < -0.4 is 0 Å². The van der Waals surface area contributed by atoms with E-state index in [1.807, 2.05) is 6.08 Å². The summed E-state index contributed by atoms with van der Waals surface area (Å²) in [6.45, 7) is 4.99. The molecule has 5 aliphatic carbocycles. The van der Waals surface area contributed by atoms with Crippen molar-refractivity contribution in [3.8, 4) is 0 Å². The summed E-state index contributed by atoms with van der Waals surface area (Å²) >= 11 is 0. The number of carbonyl (C=O) groups is 1. The van der Waals surface area contributed by atoms with Crippen LogP contribution in [0.4, 0.5) is 0 Å². The molecule has 0 bridgehead atoms. The normalized spacial score (nSPS) is 54.7. The average molecular weight is 359 g/mol. The molecule has 144 valence electrons. The third-order valence-electron chi connectivity index (χ3n) is 9.82. The maximum Gasteiger partial charge on any atom is 0.155 e. The Morgan fingerprint density at radius 2 is 1.92 bits per heavy atom. The van der Waals surface area contributed by atoms with Crippen molar-refractivity contribution < 1.29 is 15.0 Å². The van der Waals surface area contributed by atoms with Crippen LogP contribution in [0.2, 0.25) is 0 Å². The van der Waals surface area contributed by atoms with Crippen molar-refractivity contribution in [1.82, 2.24) is 0 Å². The van der Waals surface area contributed by atoms with Gasteiger partial charge >= 0.3 is 0 Å². The molecule has 4 fully saturated rings. The van der Waals surface area contributed by atoms with Gasteiger partial charge in [0.15, 0.2) is 5.78 Å². The number of hydrogen-bond acceptors (Lipinski definition) is 3. The smallest absolute Gasteiger partial charge is 0.155 e. The third-order valence-corrected chi connectivity index (χ3v) is 9.82. The molecule has 0 aromatic heterocycles. The summed E-state index contributed by atoms with van der Waals surface area (Å²) < 4.78 is 0. The quantitative estimate of drug-likeness (QED) is 0.805. The summed E-state index contributed by atoms with van der Waals surface area (Å²) in [6.07, 6.45) is 10.9. The molecule has 0 amide bonds. The van der Waals surface area contributed by atoms with E-state index in [2.05, 4.69) is 13.8 Å². The van der Waals surface area contributed by atoms with Crippen LogP contribution in [0.25, 0.3) is 0 Å². The topological polar surface area (TPSA) is 57.5 Å². The van der Waals surface area contributed by atoms with E-state index in [0.717, 1.165) is 50.4 Å². The van der Waals surface area contributed by atoms with Gasteiger partial charge in [-0.3, -0.25) is 4.79 Å². The van der Waals surface area contributed by atoms with E-state index in [1.165, 1.54) is 18.4 Å². The Labute approximate surface area is 157 Å². The molecule has 26 heavy (non-hydrogen) atoms. The van der Waals surface area contributed by atoms with E-state index in [9.17, 15) is 15.0 Å². The lowest BCUT2D eigenvalue weighted by molar-refractivity contribution is -0.136. The summed E-state index contributed by atoms with van der Waals surface area (Å²) in [7, 11) is 0. The SMILES string of the molecule is C[C@]12CCC(=O)C=C1C1CC1[C@@H]1[C@@H]2CC[C@@]2(C)[C@H]1CCC2(O)CCCO. The number of hydrogen-bond donors (Lipinski definition) is 2. The summed E-state index contributed by atoms with van der Waals surface area (Å²) in [5.74, 6) is 3.81. The van der Waals surface area contributed by atoms with Gasteiger partial charge in [0.05, 0.1) is 5.60 Å². The van der Waals surface area contributed by atoms with E-state index in [-0.39, 0.29) is 17.4 Å². The predicted octanol–water partition coefficient (Wildman–Crippen LogP) is 3.88. The van der Waals surface area contributed by atoms with Crippen LogP contribution in [0.15, 0.2) is 11.6 Å². The molecule has 0 aliphatic heterocycles. The minimum Gasteiger partial charge on any atom is -0.396 e. The minimum atomic E-state index is -0.588. The molecular weight excluding hydrogens is 324 g/mol. The molecule has 5 aliphatic rings. The molecule has 3 heteroatoms. The summed E-state index contributed by atoms with van der Waals surface area (Å²) in [5, 5.41) is 20.8. The molecule has 0 heterocycles. The molecule has 3 unspecified atom stereocenters. The first-order chi connectivity index (χ1) is 12.3. The molecular formula is C23H34O3. The van der Waals surface area contributed by atoms with Gasteiger partial charge in [-0.2, -0.15) is 0 Å². The molecule has 8 atom stereocenters. The Kier molecular flexibility index (Phi) is 3.65. The predicted molar refractivity (Wildman–Crippen MR) is 100 cm³/mol. The largest absolute Gasteiger partial charge is 0.396 e. The Hall–Kier alpha value is -0.670. The van der Waals surface area contributed by atoms with Crippen molar-refractivity contribution in [2.45, 2.75) is 77.2 Å². The second kappa shape index (κ2) is 5.44. The van der Waals surface area contributed by atoms with E-state index in [0.29, 0.717) is 30.0 Å². The summed E-state index contributed by atoms with van der Waals surface area (Å²) in [6, 6.07) is 0. The van der Waals surface area contributed by atoms with Crippen molar-refractivity contribution in [2.75, 3.05) is 6.61 Å². The van der Waals surface area contributed by atoms with Crippen LogP contribution >= 0.6 is 0 Å². The number of ketones is 1. The Balaban J connectivity index is 1.50. The minimum absolute atomic E-state index is 0.0124. The Morgan fingerprint density at radius 3 is 2.69 bits per heavy atom. The first-order valence-electron chi connectivity index (χ1n) is 10.9. The zero-order valence-corrected chi connectivity index (χ0v) is 16.3. The number of allylic oxidation sites excluding steroid dienone is 1. The fourth-order valence-corrected chi connectivity index (χ4v) is 8.29. The van der Waals surface area contributed by atoms with Gasteiger partial charge in [0.1, 0.15) is 0 Å². The van der Waals surface area contributed by atoms with Gasteiger partial charge in [0.2, 0.25) is 0 Å². The number of fused-ring (bicyclic) bond motifs is 8. The lowest BCUT2D eigenvalue weighted by atomic mass is 9.46. The van der Waals surface area contributed by atoms with Gasteiger partial charge < -0.3 is 10.2 Å². The lowest BCUT2D eigenvalue weighted by Gasteiger charge is -2.59. The van der Waals surface area contributed by atoms with E-state index in [1.54, 1.807) is 0 Å². The molecule has 0 aromatic carbocycles. The standard InChI is InChI=1S/C23H34O3/c1-21-8-4-14(25)12-19(21)15-13-16(15)20-17(21)5-9-22(2)18(20)6-10-23(22,26)7-3-11-24/h12,15-18,20,24,26H,3-11,13H2,1-2H3/t15?,16?,17-,18-,20+,21+,22-,23?/m0/s1. The fourth-order valence-electron chi connectivity index (χ4n) is 8.29. The lowest BCUT2D eigenvalue weighted by Crippen LogP contribution is -2.55. The fraction of sp³-hybridized carbons (Fsp3) is 0.870. The van der Waals surface area contributed by atoms with Crippen molar-refractivity contribution in [3.05, 3.63) is 11.6 Å². The van der Waals surface area contributed by atoms with Crippen molar-refractivity contribution in [1.29, 1.82) is 0 Å². The molecule has 0 aromatic rings. The molecule has 2 N–H and O–H groups in total. The van der Waals surface area contributed by atoms with Gasteiger partial charge in [0.25, 0.3) is 0 Å². The number of rotatable bonds is 3. The molecule has 5 rings (SSSR count). The highest BCUT2D eigenvalue weighted by Gasteiger charge is 2.69. The molecule has 0 radical (unpaired) electrons. The number of aliphatic hydroxyl groups is 2. The average Bonchev–Trinajstić information content (AvgIpc) is 3.35. The van der Waals surface area contributed by atoms with Gasteiger partial charge in [-0.1, -0.05) is 19.4 Å². The highest BCUT2D eigenvalue weighted by Crippen LogP contribution is 2.75. The first kappa shape index (κ1) is 17.4. The first-order valence-corrected chi connectivity index (χ1v) is 10.9. The monoisotopic (exact) mass is 358 g/mol. The zero-order valence-electron chi connectivity index (χ0n) is 16.3. The Morgan fingerprint density at radius 1 is 1.15 bits per heavy atom. The third kappa shape index (κ3) is 2.05. The molecule has 4 saturated carbocycles. The second-order valence-corrected chi connectivity index (χ2v) is 10.6. The van der Waals surface area contributed by atoms with Crippen LogP contribution in [-0.4, -0.2) is 28.2 Å². The van der Waals surface area contributed by atoms with Crippen molar-refractivity contribution >= 4 is 5.78 Å². The van der Waals surface area contributed by atoms with Gasteiger partial charge in [-0.15, -0.1) is 0 Å². The highest BCUT2D eigenvalue weighted by atomic mass is 16.3. The highest BCUT2D eigenvalue weighted by molar-refractivity contribution is 5.92. The summed E-state index contributed by atoms with van der Waals surface area (Å²) in [4.78, 5) is 12.1. The molecule has 0 spiro atoms. The van der Waals surface area contributed by atoms with E-state index >= 15 is 0 Å². The number of carbonyl (C=O) groups excluding carboxylic acids is 1. The van der Waals surface area contributed by atoms with Crippen molar-refractivity contribution in [3.63, 3.8) is 0 Å². The van der Waals surface area contributed by atoms with Crippen LogP contribution in [0, 0.1) is 40.4 Å². The van der Waals surface area contributed by atoms with Gasteiger partial charge in [0, 0.05) is 13.0 Å². The van der Waals surface area contributed by atoms with Crippen LogP contribution in [0.3, 0.4) is 0 Å². The molecule has 3 nitrogen and oxygen atoms in total. The van der Waals surface area contributed by atoms with Crippen LogP contribution in [0.1, 0.15) is 71.6 Å². The van der Waals surface area contributed by atoms with Crippen LogP contribution in [-0.2, 0) is 4.79 Å². The summed E-state index contributed by atoms with van der Waals surface area (Å²) in [5.41, 5.74) is 1.15. The van der Waals surface area contributed by atoms with Gasteiger partial charge in [-0.25, -0.2) is 0 Å². The van der Waals surface area contributed by atoms with Crippen molar-refractivity contribution in [2.24, 2.45) is 40.4 Å².